The number of methoxy groups -OCH3 is 4. The summed E-state index contributed by atoms with van der Waals surface area (Å²) in [6.45, 7) is 2.00. The first-order valence-corrected chi connectivity index (χ1v) is 10.9. The van der Waals surface area contributed by atoms with Gasteiger partial charge in [-0.15, -0.1) is 0 Å². The number of nitrogens with zero attached hydrogens (tertiary/aromatic N) is 3. The van der Waals surface area contributed by atoms with E-state index in [2.05, 4.69) is 5.10 Å². The third kappa shape index (κ3) is 5.66. The summed E-state index contributed by atoms with van der Waals surface area (Å²) in [6.07, 6.45) is 0.506. The molecule has 1 heterocycles. The lowest BCUT2D eigenvalue weighted by Crippen LogP contribution is -2.41. The third-order valence-corrected chi connectivity index (χ3v) is 5.72. The Morgan fingerprint density at radius 3 is 2.29 bits per heavy atom. The molecule has 1 atom stereocenters. The first-order valence-electron chi connectivity index (χ1n) is 10.9. The number of rotatable bonds is 10. The molecule has 2 amide bonds. The Morgan fingerprint density at radius 2 is 1.71 bits per heavy atom. The second-order valence-electron chi connectivity index (χ2n) is 7.78. The van der Waals surface area contributed by atoms with Gasteiger partial charge in [0.2, 0.25) is 5.91 Å². The molecule has 2 aromatic carbocycles. The number of benzene rings is 2. The molecular weight excluding hydrogens is 438 g/mol. The number of carbonyl (C=O) groups excluding carboxylic acids is 2. The number of hydrazone groups is 1. The van der Waals surface area contributed by atoms with E-state index < -0.39 is 0 Å². The standard InChI is InChI=1S/C25H31N3O6/c1-17(29)27(12-13-31-2)16-25(30)28-22(19-8-11-23(33-4)24(14-19)34-5)15-21(26-28)18-6-9-20(32-3)10-7-18/h6-11,14,22H,12-13,15-16H2,1-5H3. The van der Waals surface area contributed by atoms with Crippen LogP contribution in [0.15, 0.2) is 47.6 Å². The average molecular weight is 470 g/mol. The van der Waals surface area contributed by atoms with E-state index in [-0.39, 0.29) is 24.4 Å². The lowest BCUT2D eigenvalue weighted by molar-refractivity contribution is -0.141. The van der Waals surface area contributed by atoms with Crippen LogP contribution in [0.2, 0.25) is 0 Å². The number of ether oxygens (including phenoxy) is 4. The smallest absolute Gasteiger partial charge is 0.262 e. The van der Waals surface area contributed by atoms with Gasteiger partial charge in [-0.25, -0.2) is 5.01 Å². The van der Waals surface area contributed by atoms with E-state index in [0.717, 1.165) is 22.6 Å². The molecule has 1 unspecified atom stereocenters. The maximum absolute atomic E-state index is 13.4. The van der Waals surface area contributed by atoms with Gasteiger partial charge in [0.1, 0.15) is 12.3 Å². The maximum atomic E-state index is 13.4. The van der Waals surface area contributed by atoms with Crippen LogP contribution in [0.25, 0.3) is 0 Å². The molecule has 2 aromatic rings. The van der Waals surface area contributed by atoms with Gasteiger partial charge >= 0.3 is 0 Å². The zero-order valence-corrected chi connectivity index (χ0v) is 20.2. The fourth-order valence-corrected chi connectivity index (χ4v) is 3.80. The van der Waals surface area contributed by atoms with Gasteiger partial charge in [-0.3, -0.25) is 9.59 Å². The zero-order valence-electron chi connectivity index (χ0n) is 20.2. The minimum Gasteiger partial charge on any atom is -0.497 e. The van der Waals surface area contributed by atoms with E-state index >= 15 is 0 Å². The molecule has 1 aliphatic heterocycles. The van der Waals surface area contributed by atoms with Gasteiger partial charge in [0.05, 0.1) is 39.7 Å². The second-order valence-corrected chi connectivity index (χ2v) is 7.78. The second kappa shape index (κ2) is 11.5. The SMILES string of the molecule is COCCN(CC(=O)N1N=C(c2ccc(OC)cc2)CC1c1ccc(OC)c(OC)c1)C(C)=O. The van der Waals surface area contributed by atoms with Gasteiger partial charge in [-0.2, -0.15) is 5.10 Å². The fourth-order valence-electron chi connectivity index (χ4n) is 3.80. The molecule has 1 aliphatic rings. The van der Waals surface area contributed by atoms with E-state index in [0.29, 0.717) is 31.1 Å². The Labute approximate surface area is 199 Å². The first-order chi connectivity index (χ1) is 16.4. The highest BCUT2D eigenvalue weighted by atomic mass is 16.5. The van der Waals surface area contributed by atoms with Gasteiger partial charge < -0.3 is 23.8 Å². The lowest BCUT2D eigenvalue weighted by Gasteiger charge is -2.26. The van der Waals surface area contributed by atoms with Crippen molar-refractivity contribution in [2.45, 2.75) is 19.4 Å². The minimum atomic E-state index is -0.361. The summed E-state index contributed by atoms with van der Waals surface area (Å²) in [5.41, 5.74) is 2.51. The lowest BCUT2D eigenvalue weighted by atomic mass is 9.98. The van der Waals surface area contributed by atoms with Gasteiger partial charge in [0.15, 0.2) is 11.5 Å². The molecule has 0 spiro atoms. The van der Waals surface area contributed by atoms with Crippen molar-refractivity contribution in [2.24, 2.45) is 5.10 Å². The molecule has 9 heteroatoms. The normalized spacial score (nSPS) is 15.0. The van der Waals surface area contributed by atoms with E-state index in [1.165, 1.54) is 16.8 Å². The Hall–Kier alpha value is -3.59. The molecule has 3 rings (SSSR count). The molecule has 0 aliphatic carbocycles. The van der Waals surface area contributed by atoms with Gasteiger partial charge in [-0.05, 0) is 47.5 Å². The number of amides is 2. The van der Waals surface area contributed by atoms with Gasteiger partial charge in [-0.1, -0.05) is 6.07 Å². The molecule has 0 aromatic heterocycles. The van der Waals surface area contributed by atoms with Gasteiger partial charge in [0, 0.05) is 27.0 Å². The molecular formula is C25H31N3O6. The zero-order chi connectivity index (χ0) is 24.7. The van der Waals surface area contributed by atoms with Crippen LogP contribution >= 0.6 is 0 Å². The largest absolute Gasteiger partial charge is 0.497 e. The quantitative estimate of drug-likeness (QED) is 0.532. The van der Waals surface area contributed by atoms with Gasteiger partial charge in [0.25, 0.3) is 5.91 Å². The van der Waals surface area contributed by atoms with Crippen molar-refractivity contribution in [1.82, 2.24) is 9.91 Å². The van der Waals surface area contributed by atoms with Crippen LogP contribution in [0, 0.1) is 0 Å². The summed E-state index contributed by atoms with van der Waals surface area (Å²) in [5, 5.41) is 6.14. The van der Waals surface area contributed by atoms with E-state index in [9.17, 15) is 9.59 Å². The summed E-state index contributed by atoms with van der Waals surface area (Å²) in [4.78, 5) is 26.9. The first kappa shape index (κ1) is 25.0. The van der Waals surface area contributed by atoms with Crippen LogP contribution in [-0.2, 0) is 14.3 Å². The van der Waals surface area contributed by atoms with Crippen molar-refractivity contribution in [2.75, 3.05) is 48.1 Å². The Morgan fingerprint density at radius 1 is 1.00 bits per heavy atom. The van der Waals surface area contributed by atoms with Crippen LogP contribution in [0.4, 0.5) is 0 Å². The highest BCUT2D eigenvalue weighted by molar-refractivity contribution is 6.03. The molecule has 0 saturated heterocycles. The molecule has 0 bridgehead atoms. The van der Waals surface area contributed by atoms with Crippen molar-refractivity contribution >= 4 is 17.5 Å². The van der Waals surface area contributed by atoms with Crippen molar-refractivity contribution in [3.8, 4) is 17.2 Å². The Kier molecular flexibility index (Phi) is 8.48. The highest BCUT2D eigenvalue weighted by Crippen LogP contribution is 2.37. The summed E-state index contributed by atoms with van der Waals surface area (Å²) < 4.78 is 21.1. The summed E-state index contributed by atoms with van der Waals surface area (Å²) >= 11 is 0. The van der Waals surface area contributed by atoms with Crippen molar-refractivity contribution in [1.29, 1.82) is 0 Å². The highest BCUT2D eigenvalue weighted by Gasteiger charge is 2.34. The Bertz CT molecular complexity index is 1040. The molecule has 0 N–H and O–H groups in total. The number of carbonyl (C=O) groups is 2. The number of hydrogen-bond acceptors (Lipinski definition) is 7. The van der Waals surface area contributed by atoms with E-state index in [1.807, 2.05) is 42.5 Å². The van der Waals surface area contributed by atoms with Crippen LogP contribution in [-0.4, -0.2) is 75.6 Å². The van der Waals surface area contributed by atoms with Crippen LogP contribution in [0.3, 0.4) is 0 Å². The Balaban J connectivity index is 1.94. The minimum absolute atomic E-state index is 0.0954. The predicted octanol–water partition coefficient (Wildman–Crippen LogP) is 2.89. The average Bonchev–Trinajstić information content (AvgIpc) is 3.31. The maximum Gasteiger partial charge on any atom is 0.262 e. The van der Waals surface area contributed by atoms with Crippen molar-refractivity contribution in [3.63, 3.8) is 0 Å². The molecule has 182 valence electrons. The summed E-state index contributed by atoms with van der Waals surface area (Å²) in [5.74, 6) is 1.42. The van der Waals surface area contributed by atoms with Crippen molar-refractivity contribution < 1.29 is 28.5 Å². The molecule has 9 nitrogen and oxygen atoms in total. The molecule has 0 saturated carbocycles. The predicted molar refractivity (Wildman–Crippen MR) is 127 cm³/mol. The third-order valence-electron chi connectivity index (χ3n) is 5.72. The van der Waals surface area contributed by atoms with Crippen LogP contribution in [0.5, 0.6) is 17.2 Å². The molecule has 34 heavy (non-hydrogen) atoms. The van der Waals surface area contributed by atoms with E-state index in [4.69, 9.17) is 18.9 Å². The van der Waals surface area contributed by atoms with Crippen LogP contribution in [0.1, 0.15) is 30.5 Å². The summed E-state index contributed by atoms with van der Waals surface area (Å²) in [7, 11) is 6.31. The number of hydrogen-bond donors (Lipinski definition) is 0. The fraction of sp³-hybridized carbons (Fsp3) is 0.400. The molecule has 0 radical (unpaired) electrons. The topological polar surface area (TPSA) is 89.9 Å². The molecule has 0 fully saturated rings. The monoisotopic (exact) mass is 469 g/mol. The van der Waals surface area contributed by atoms with E-state index in [1.54, 1.807) is 28.4 Å². The summed E-state index contributed by atoms with van der Waals surface area (Å²) in [6, 6.07) is 12.7. The van der Waals surface area contributed by atoms with Crippen molar-refractivity contribution in [3.05, 3.63) is 53.6 Å². The van der Waals surface area contributed by atoms with Crippen LogP contribution < -0.4 is 14.2 Å².